The largest absolute Gasteiger partial charge is 0.340 e. The van der Waals surface area contributed by atoms with Crippen molar-refractivity contribution >= 4 is 17.4 Å². The Hall–Kier alpha value is -2.29. The Balaban J connectivity index is 2.38. The summed E-state index contributed by atoms with van der Waals surface area (Å²) in [6.45, 7) is -2.53. The van der Waals surface area contributed by atoms with Crippen LogP contribution in [0, 0.1) is 0 Å². The number of urea groups is 1. The van der Waals surface area contributed by atoms with Crippen LogP contribution in [-0.4, -0.2) is 13.0 Å². The van der Waals surface area contributed by atoms with Gasteiger partial charge in [0.25, 0.3) is 0 Å². The Kier molecular flexibility index (Phi) is 2.40. The minimum atomic E-state index is -2.53. The average Bonchev–Trinajstić information content (AvgIpc) is 2.39. The number of benzene rings is 2. The highest BCUT2D eigenvalue weighted by atomic mass is 16.2. The molecular weight excluding hydrogens is 212 g/mol. The van der Waals surface area contributed by atoms with E-state index in [0.29, 0.717) is 11.4 Å². The van der Waals surface area contributed by atoms with Gasteiger partial charge < -0.3 is 5.32 Å². The molecule has 2 aromatic rings. The minimum absolute atomic E-state index is 0.598. The van der Waals surface area contributed by atoms with Gasteiger partial charge in [-0.05, 0) is 24.3 Å². The van der Waals surface area contributed by atoms with Crippen molar-refractivity contribution in [2.75, 3.05) is 11.9 Å². The van der Waals surface area contributed by atoms with Gasteiger partial charge in [-0.1, -0.05) is 36.4 Å². The Morgan fingerprint density at radius 3 is 1.88 bits per heavy atom. The molecule has 1 N–H and O–H groups in total. The van der Waals surface area contributed by atoms with E-state index in [-0.39, 0.29) is 0 Å². The van der Waals surface area contributed by atoms with Crippen molar-refractivity contribution < 1.29 is 8.91 Å². The lowest BCUT2D eigenvalue weighted by Crippen LogP contribution is -2.34. The maximum atomic E-state index is 12.2. The molecule has 3 nitrogen and oxygen atoms in total. The highest BCUT2D eigenvalue weighted by molar-refractivity contribution is 5.99. The second kappa shape index (κ2) is 5.16. The zero-order valence-electron chi connectivity index (χ0n) is 12.1. The fourth-order valence-electron chi connectivity index (χ4n) is 1.59. The van der Waals surface area contributed by atoms with Crippen molar-refractivity contribution in [3.05, 3.63) is 60.7 Å². The molecule has 0 heterocycles. The molecule has 0 radical (unpaired) electrons. The van der Waals surface area contributed by atoms with Crippen LogP contribution in [-0.2, 0) is 0 Å². The molecule has 2 aromatic carbocycles. The van der Waals surface area contributed by atoms with Crippen molar-refractivity contribution in [3.8, 4) is 0 Å². The fourth-order valence-corrected chi connectivity index (χ4v) is 1.59. The minimum Gasteiger partial charge on any atom is -0.340 e. The zero-order valence-corrected chi connectivity index (χ0v) is 9.13. The molecule has 0 spiro atoms. The van der Waals surface area contributed by atoms with Gasteiger partial charge in [0.2, 0.25) is 0 Å². The number of rotatable bonds is 2. The molecule has 0 atom stereocenters. The summed E-state index contributed by atoms with van der Waals surface area (Å²) < 4.78 is 21.5. The third-order valence-corrected chi connectivity index (χ3v) is 2.34. The van der Waals surface area contributed by atoms with Crippen LogP contribution < -0.4 is 10.2 Å². The Bertz CT molecular complexity index is 530. The van der Waals surface area contributed by atoms with Gasteiger partial charge in [-0.25, -0.2) is 4.79 Å². The maximum absolute atomic E-state index is 12.2. The standard InChI is InChI=1S/C14H14N2O/c1-15-14(17)16(12-8-4-2-5-9-12)13-10-6-3-7-11-13/h2-11H,1H3,(H,15,17)/i1D3. The first-order chi connectivity index (χ1) is 9.47. The van der Waals surface area contributed by atoms with Crippen LogP contribution in [0.1, 0.15) is 4.11 Å². The molecule has 0 fully saturated rings. The van der Waals surface area contributed by atoms with E-state index >= 15 is 0 Å². The molecule has 3 heteroatoms. The lowest BCUT2D eigenvalue weighted by molar-refractivity contribution is 0.250. The van der Waals surface area contributed by atoms with E-state index in [4.69, 9.17) is 4.11 Å². The SMILES string of the molecule is [2H]C([2H])([2H])NC(=O)N(c1ccccc1)c1ccccc1. The number of hydrogen-bond donors (Lipinski definition) is 1. The lowest BCUT2D eigenvalue weighted by Gasteiger charge is -2.22. The molecule has 0 aliphatic rings. The Morgan fingerprint density at radius 2 is 1.47 bits per heavy atom. The normalized spacial score (nSPS) is 13.1. The van der Waals surface area contributed by atoms with Gasteiger partial charge in [0.05, 0.1) is 11.4 Å². The molecule has 0 unspecified atom stereocenters. The zero-order chi connectivity index (χ0) is 14.6. The summed E-state index contributed by atoms with van der Waals surface area (Å²) in [5.74, 6) is 0. The predicted molar refractivity (Wildman–Crippen MR) is 69.5 cm³/mol. The molecule has 2 amide bonds. The van der Waals surface area contributed by atoms with Crippen LogP contribution in [0.3, 0.4) is 0 Å². The quantitative estimate of drug-likeness (QED) is 0.842. The molecule has 0 aromatic heterocycles. The number of amides is 2. The van der Waals surface area contributed by atoms with Gasteiger partial charge in [-0.3, -0.25) is 4.90 Å². The molecule has 0 saturated carbocycles. The monoisotopic (exact) mass is 229 g/mol. The van der Waals surface area contributed by atoms with E-state index in [1.807, 2.05) is 17.4 Å². The van der Waals surface area contributed by atoms with Gasteiger partial charge >= 0.3 is 6.03 Å². The Labute approximate surface area is 105 Å². The van der Waals surface area contributed by atoms with Crippen LogP contribution in [0.25, 0.3) is 0 Å². The van der Waals surface area contributed by atoms with Gasteiger partial charge in [0.15, 0.2) is 0 Å². The van der Waals surface area contributed by atoms with Crippen molar-refractivity contribution in [3.63, 3.8) is 0 Å². The first-order valence-corrected chi connectivity index (χ1v) is 5.20. The van der Waals surface area contributed by atoms with Crippen molar-refractivity contribution in [2.24, 2.45) is 0 Å². The summed E-state index contributed by atoms with van der Waals surface area (Å²) in [7, 11) is 0. The number of nitrogens with one attached hydrogen (secondary N) is 1. The number of carbonyl (C=O) groups excluding carboxylic acids is 1. The second-order valence-electron chi connectivity index (χ2n) is 3.44. The van der Waals surface area contributed by atoms with Crippen molar-refractivity contribution in [2.45, 2.75) is 0 Å². The molecule has 17 heavy (non-hydrogen) atoms. The van der Waals surface area contributed by atoms with Crippen LogP contribution in [0.4, 0.5) is 16.2 Å². The summed E-state index contributed by atoms with van der Waals surface area (Å²) in [4.78, 5) is 13.5. The lowest BCUT2D eigenvalue weighted by atomic mass is 10.2. The van der Waals surface area contributed by atoms with Crippen LogP contribution >= 0.6 is 0 Å². The number of anilines is 2. The van der Waals surface area contributed by atoms with E-state index in [9.17, 15) is 4.79 Å². The van der Waals surface area contributed by atoms with E-state index in [2.05, 4.69) is 0 Å². The molecule has 0 aliphatic carbocycles. The number of nitrogens with zero attached hydrogens (tertiary/aromatic N) is 1. The highest BCUT2D eigenvalue weighted by Crippen LogP contribution is 2.24. The number of para-hydroxylation sites is 2. The van der Waals surface area contributed by atoms with Gasteiger partial charge in [0, 0.05) is 11.1 Å². The number of hydrogen-bond acceptors (Lipinski definition) is 1. The van der Waals surface area contributed by atoms with E-state index in [1.54, 1.807) is 48.5 Å². The summed E-state index contributed by atoms with van der Waals surface area (Å²) in [5.41, 5.74) is 1.20. The summed E-state index contributed by atoms with van der Waals surface area (Å²) in [5, 5.41) is 2.00. The predicted octanol–water partition coefficient (Wildman–Crippen LogP) is 3.16. The van der Waals surface area contributed by atoms with Crippen molar-refractivity contribution in [1.29, 1.82) is 0 Å². The van der Waals surface area contributed by atoms with Crippen LogP contribution in [0.15, 0.2) is 60.7 Å². The van der Waals surface area contributed by atoms with Crippen LogP contribution in [0.5, 0.6) is 0 Å². The molecule has 0 aliphatic heterocycles. The highest BCUT2D eigenvalue weighted by Gasteiger charge is 2.15. The maximum Gasteiger partial charge on any atom is 0.326 e. The summed E-state index contributed by atoms with van der Waals surface area (Å²) in [6, 6.07) is 17.1. The van der Waals surface area contributed by atoms with E-state index in [0.717, 1.165) is 0 Å². The van der Waals surface area contributed by atoms with E-state index in [1.165, 1.54) is 4.90 Å². The second-order valence-corrected chi connectivity index (χ2v) is 3.44. The first-order valence-electron chi connectivity index (χ1n) is 6.70. The molecule has 2 rings (SSSR count). The molecule has 0 bridgehead atoms. The molecule has 86 valence electrons. The van der Waals surface area contributed by atoms with Crippen molar-refractivity contribution in [1.82, 2.24) is 5.32 Å². The summed E-state index contributed by atoms with van der Waals surface area (Å²) >= 11 is 0. The molecular formula is C14H14N2O. The fraction of sp³-hybridized carbons (Fsp3) is 0.0714. The van der Waals surface area contributed by atoms with Gasteiger partial charge in [-0.2, -0.15) is 0 Å². The molecule has 0 saturated heterocycles. The third kappa shape index (κ3) is 2.45. The first kappa shape index (κ1) is 7.90. The van der Waals surface area contributed by atoms with Crippen LogP contribution in [0.2, 0.25) is 0 Å². The Morgan fingerprint density at radius 1 is 1.00 bits per heavy atom. The smallest absolute Gasteiger partial charge is 0.326 e. The van der Waals surface area contributed by atoms with Gasteiger partial charge in [-0.15, -0.1) is 0 Å². The third-order valence-electron chi connectivity index (χ3n) is 2.34. The average molecular weight is 229 g/mol. The van der Waals surface area contributed by atoms with Gasteiger partial charge in [0.1, 0.15) is 0 Å². The van der Waals surface area contributed by atoms with E-state index < -0.39 is 13.0 Å². The topological polar surface area (TPSA) is 32.3 Å². The number of carbonyl (C=O) groups is 1. The summed E-state index contributed by atoms with van der Waals surface area (Å²) in [6.07, 6.45) is 0.